The Labute approximate surface area is 129 Å². The highest BCUT2D eigenvalue weighted by Gasteiger charge is 2.55. The summed E-state index contributed by atoms with van der Waals surface area (Å²) in [6.07, 6.45) is -4.32. The van der Waals surface area contributed by atoms with Crippen LogP contribution in [-0.4, -0.2) is 55.3 Å². The summed E-state index contributed by atoms with van der Waals surface area (Å²) in [6.45, 7) is -1.37. The fourth-order valence-electron chi connectivity index (χ4n) is 2.70. The molecule has 6 nitrogen and oxygen atoms in total. The van der Waals surface area contributed by atoms with E-state index in [-0.39, 0.29) is 24.3 Å². The first-order valence-electron chi connectivity index (χ1n) is 6.74. The quantitative estimate of drug-likeness (QED) is 0.831. The molecule has 0 bridgehead atoms. The summed E-state index contributed by atoms with van der Waals surface area (Å²) in [5, 5.41) is 2.58. The number of methoxy groups -OCH3 is 1. The number of esters is 1. The lowest BCUT2D eigenvalue weighted by Crippen LogP contribution is -2.72. The molecule has 1 spiro atoms. The van der Waals surface area contributed by atoms with E-state index in [1.165, 1.54) is 25.3 Å². The number of nitrogens with zero attached hydrogens (tertiary/aromatic N) is 1. The van der Waals surface area contributed by atoms with Crippen LogP contribution in [0.4, 0.5) is 18.9 Å². The number of rotatable bonds is 2. The van der Waals surface area contributed by atoms with Crippen LogP contribution >= 0.6 is 0 Å². The van der Waals surface area contributed by atoms with Crippen molar-refractivity contribution in [2.45, 2.75) is 11.8 Å². The number of hydrogen-bond acceptors (Lipinski definition) is 5. The van der Waals surface area contributed by atoms with Crippen molar-refractivity contribution >= 4 is 17.6 Å². The Bertz CT molecular complexity index is 668. The number of carbonyl (C=O) groups is 2. The molecule has 0 radical (unpaired) electrons. The fourth-order valence-corrected chi connectivity index (χ4v) is 2.70. The molecule has 124 valence electrons. The lowest BCUT2D eigenvalue weighted by Gasteiger charge is -2.50. The minimum absolute atomic E-state index is 0.142. The maximum Gasteiger partial charge on any atom is 0.401 e. The Morgan fingerprint density at radius 1 is 1.43 bits per heavy atom. The van der Waals surface area contributed by atoms with Crippen molar-refractivity contribution in [2.75, 3.05) is 32.1 Å². The van der Waals surface area contributed by atoms with Crippen molar-refractivity contribution in [1.29, 1.82) is 0 Å². The molecule has 9 heteroatoms. The predicted octanol–water partition coefficient (Wildman–Crippen LogP) is 1.42. The maximum atomic E-state index is 12.3. The van der Waals surface area contributed by atoms with Crippen molar-refractivity contribution in [3.63, 3.8) is 0 Å². The molecule has 1 fully saturated rings. The molecule has 2 aliphatic rings. The van der Waals surface area contributed by atoms with Gasteiger partial charge in [0.25, 0.3) is 5.91 Å². The highest BCUT2D eigenvalue weighted by molar-refractivity contribution is 6.03. The van der Waals surface area contributed by atoms with Gasteiger partial charge < -0.3 is 14.8 Å². The molecule has 0 saturated carbocycles. The molecule has 2 aliphatic heterocycles. The zero-order chi connectivity index (χ0) is 16.8. The predicted molar refractivity (Wildman–Crippen MR) is 72.3 cm³/mol. The summed E-state index contributed by atoms with van der Waals surface area (Å²) >= 11 is 0. The molecule has 0 aromatic heterocycles. The van der Waals surface area contributed by atoms with Crippen molar-refractivity contribution in [2.24, 2.45) is 0 Å². The van der Waals surface area contributed by atoms with E-state index in [2.05, 4.69) is 10.1 Å². The van der Waals surface area contributed by atoms with E-state index >= 15 is 0 Å². The number of halogens is 3. The summed E-state index contributed by atoms with van der Waals surface area (Å²) < 4.78 is 47.2. The third kappa shape index (κ3) is 2.83. The van der Waals surface area contributed by atoms with Crippen LogP contribution in [0.5, 0.6) is 5.75 Å². The van der Waals surface area contributed by atoms with Gasteiger partial charge in [0.2, 0.25) is 5.60 Å². The van der Waals surface area contributed by atoms with E-state index in [0.29, 0.717) is 5.75 Å². The molecule has 0 atom stereocenters. The van der Waals surface area contributed by atoms with Crippen LogP contribution in [0.2, 0.25) is 0 Å². The van der Waals surface area contributed by atoms with Gasteiger partial charge in [-0.3, -0.25) is 9.69 Å². The second kappa shape index (κ2) is 5.12. The number of hydrogen-bond donors (Lipinski definition) is 1. The van der Waals surface area contributed by atoms with E-state index in [1.807, 2.05) is 0 Å². The number of ether oxygens (including phenoxy) is 2. The first-order valence-corrected chi connectivity index (χ1v) is 6.74. The molecular formula is C14H13F3N2O4. The molecule has 3 rings (SSSR count). The highest BCUT2D eigenvalue weighted by Crippen LogP contribution is 2.39. The molecule has 0 aliphatic carbocycles. The van der Waals surface area contributed by atoms with Gasteiger partial charge in [0.05, 0.1) is 24.9 Å². The Kier molecular flexibility index (Phi) is 3.47. The number of benzene rings is 1. The summed E-state index contributed by atoms with van der Waals surface area (Å²) in [5.41, 5.74) is -0.790. The van der Waals surface area contributed by atoms with Gasteiger partial charge in [-0.2, -0.15) is 13.2 Å². The van der Waals surface area contributed by atoms with E-state index in [1.54, 1.807) is 0 Å². The molecular weight excluding hydrogens is 317 g/mol. The summed E-state index contributed by atoms with van der Waals surface area (Å²) in [5.74, 6) is -0.781. The molecule has 23 heavy (non-hydrogen) atoms. The van der Waals surface area contributed by atoms with E-state index in [9.17, 15) is 22.8 Å². The van der Waals surface area contributed by atoms with Crippen molar-refractivity contribution in [3.05, 3.63) is 23.8 Å². The summed E-state index contributed by atoms with van der Waals surface area (Å²) in [6, 6.07) is 4.34. The second-order valence-electron chi connectivity index (χ2n) is 5.51. The zero-order valence-corrected chi connectivity index (χ0v) is 12.1. The largest absolute Gasteiger partial charge is 0.472 e. The van der Waals surface area contributed by atoms with Gasteiger partial charge in [0.1, 0.15) is 5.75 Å². The SMILES string of the molecule is COC(=O)c1ccc2c(c1)NC(=O)C1(CN(CC(F)(F)F)C1)O2. The number of fused-ring (bicyclic) bond motifs is 1. The maximum absolute atomic E-state index is 12.3. The molecule has 2 heterocycles. The van der Waals surface area contributed by atoms with Gasteiger partial charge in [0, 0.05) is 13.1 Å². The minimum Gasteiger partial charge on any atom is -0.472 e. The minimum atomic E-state index is -4.32. The summed E-state index contributed by atoms with van der Waals surface area (Å²) in [4.78, 5) is 24.7. The van der Waals surface area contributed by atoms with Gasteiger partial charge in [0.15, 0.2) is 0 Å². The topological polar surface area (TPSA) is 67.9 Å². The Hall–Kier alpha value is -2.29. The van der Waals surface area contributed by atoms with Crippen LogP contribution in [0.1, 0.15) is 10.4 Å². The van der Waals surface area contributed by atoms with Gasteiger partial charge in [-0.05, 0) is 18.2 Å². The first-order chi connectivity index (χ1) is 10.7. The zero-order valence-electron chi connectivity index (χ0n) is 12.1. The van der Waals surface area contributed by atoms with Crippen molar-refractivity contribution in [1.82, 2.24) is 4.90 Å². The number of anilines is 1. The molecule has 1 N–H and O–H groups in total. The van der Waals surface area contributed by atoms with E-state index in [4.69, 9.17) is 4.74 Å². The van der Waals surface area contributed by atoms with Crippen molar-refractivity contribution in [3.8, 4) is 5.75 Å². The molecule has 1 aromatic carbocycles. The van der Waals surface area contributed by atoms with Gasteiger partial charge in [-0.25, -0.2) is 4.79 Å². The average molecular weight is 330 g/mol. The van der Waals surface area contributed by atoms with Crippen LogP contribution in [0.15, 0.2) is 18.2 Å². The van der Waals surface area contributed by atoms with Crippen LogP contribution in [-0.2, 0) is 9.53 Å². The van der Waals surface area contributed by atoms with Crippen molar-refractivity contribution < 1.29 is 32.2 Å². The lowest BCUT2D eigenvalue weighted by molar-refractivity contribution is -0.184. The van der Waals surface area contributed by atoms with Gasteiger partial charge in [-0.15, -0.1) is 0 Å². The lowest BCUT2D eigenvalue weighted by atomic mass is 9.90. The third-order valence-corrected chi connectivity index (χ3v) is 3.73. The normalized spacial score (nSPS) is 19.4. The van der Waals surface area contributed by atoms with Gasteiger partial charge >= 0.3 is 12.1 Å². The van der Waals surface area contributed by atoms with Crippen LogP contribution in [0.25, 0.3) is 0 Å². The molecule has 1 aromatic rings. The van der Waals surface area contributed by atoms with Crippen LogP contribution < -0.4 is 10.1 Å². The fraction of sp³-hybridized carbons (Fsp3) is 0.429. The first kappa shape index (κ1) is 15.6. The molecule has 0 unspecified atom stereocenters. The summed E-state index contributed by atoms with van der Waals surface area (Å²) in [7, 11) is 1.23. The average Bonchev–Trinajstić information content (AvgIpc) is 2.43. The number of likely N-dealkylation sites (tertiary alicyclic amines) is 1. The highest BCUT2D eigenvalue weighted by atomic mass is 19.4. The Morgan fingerprint density at radius 3 is 2.74 bits per heavy atom. The molecule has 1 saturated heterocycles. The monoisotopic (exact) mass is 330 g/mol. The standard InChI is InChI=1S/C14H13F3N2O4/c1-22-11(20)8-2-3-10-9(4-8)18-12(21)13(23-10)5-19(6-13)7-14(15,16)17/h2-4H,5-7H2,1H3,(H,18,21). The second-order valence-corrected chi connectivity index (χ2v) is 5.51. The number of carbonyl (C=O) groups excluding carboxylic acids is 2. The van der Waals surface area contributed by atoms with E-state index < -0.39 is 30.2 Å². The Morgan fingerprint density at radius 2 is 2.13 bits per heavy atom. The van der Waals surface area contributed by atoms with Gasteiger partial charge in [-0.1, -0.05) is 0 Å². The van der Waals surface area contributed by atoms with Crippen LogP contribution in [0.3, 0.4) is 0 Å². The third-order valence-electron chi connectivity index (χ3n) is 3.73. The smallest absolute Gasteiger partial charge is 0.401 e. The number of amides is 1. The number of nitrogens with one attached hydrogen (secondary N) is 1. The Balaban J connectivity index is 1.75. The number of alkyl halides is 3. The van der Waals surface area contributed by atoms with Crippen LogP contribution in [0, 0.1) is 0 Å². The molecule has 1 amide bonds. The van der Waals surface area contributed by atoms with E-state index in [0.717, 1.165) is 4.90 Å².